The molecule has 7 aromatic carbocycles. The highest BCUT2D eigenvalue weighted by atomic mass is 16.5. The standard InChI is InChI=1S/C54H44N4O/c1-37(54(2,3)4)40-31-32-55-52(33-40)58-48-26-12-11-23-46(48)47-30-29-43(35-51(47)58)59-42-22-15-21-41(34-42)56-36-57(50-28-14-13-27-49(50)56)53-44(38-17-7-5-8-18-38)24-16-25-45(53)39-19-9-6-10-20-39/h5-35,37H,1-4H3/i11D,12D,23D,26D. The van der Waals surface area contributed by atoms with Gasteiger partial charge in [-0.25, -0.2) is 4.98 Å². The predicted molar refractivity (Wildman–Crippen MR) is 241 cm³/mol. The monoisotopic (exact) mass is 768 g/mol. The van der Waals surface area contributed by atoms with Gasteiger partial charge in [0.25, 0.3) is 6.33 Å². The average molecular weight is 769 g/mol. The molecule has 10 rings (SSSR count). The third-order valence-electron chi connectivity index (χ3n) is 11.5. The van der Waals surface area contributed by atoms with Crippen molar-refractivity contribution in [2.75, 3.05) is 0 Å². The molecule has 5 nitrogen and oxygen atoms in total. The second kappa shape index (κ2) is 14.6. The largest absolute Gasteiger partial charge is 0.458 e. The number of ether oxygens (including phenoxy) is 1. The van der Waals surface area contributed by atoms with Crippen molar-refractivity contribution in [1.29, 1.82) is 0 Å². The molecule has 3 heterocycles. The summed E-state index contributed by atoms with van der Waals surface area (Å²) in [5.41, 5.74) is 10.3. The fourth-order valence-electron chi connectivity index (χ4n) is 8.05. The van der Waals surface area contributed by atoms with E-state index in [1.807, 2.05) is 77.4 Å². The fraction of sp³-hybridized carbons (Fsp3) is 0.111. The maximum atomic E-state index is 9.07. The first-order valence-electron chi connectivity index (χ1n) is 22.0. The molecule has 0 fully saturated rings. The lowest BCUT2D eigenvalue weighted by atomic mass is 9.78. The van der Waals surface area contributed by atoms with Crippen LogP contribution in [0.15, 0.2) is 188 Å². The first-order valence-corrected chi connectivity index (χ1v) is 20.0. The van der Waals surface area contributed by atoms with Gasteiger partial charge in [0.2, 0.25) is 0 Å². The summed E-state index contributed by atoms with van der Waals surface area (Å²) in [4.78, 5) is 4.78. The number of pyridine rings is 1. The van der Waals surface area contributed by atoms with Crippen molar-refractivity contribution >= 4 is 32.8 Å². The first-order chi connectivity index (χ1) is 30.5. The lowest BCUT2D eigenvalue weighted by molar-refractivity contribution is -0.571. The van der Waals surface area contributed by atoms with E-state index in [-0.39, 0.29) is 35.5 Å². The van der Waals surface area contributed by atoms with Crippen molar-refractivity contribution in [1.82, 2.24) is 14.1 Å². The number of rotatable bonds is 8. The molecule has 0 amide bonds. The van der Waals surface area contributed by atoms with Gasteiger partial charge in [-0.15, -0.1) is 0 Å². The van der Waals surface area contributed by atoms with Gasteiger partial charge in [-0.1, -0.05) is 155 Å². The van der Waals surface area contributed by atoms with Crippen molar-refractivity contribution in [2.45, 2.75) is 33.6 Å². The maximum Gasteiger partial charge on any atom is 0.269 e. The fourth-order valence-corrected chi connectivity index (χ4v) is 8.05. The Morgan fingerprint density at radius 3 is 2.07 bits per heavy atom. The number of benzene rings is 7. The number of hydrogen-bond acceptors (Lipinski definition) is 2. The third kappa shape index (κ3) is 6.55. The molecule has 0 radical (unpaired) electrons. The maximum absolute atomic E-state index is 9.07. The molecule has 0 aliphatic carbocycles. The average Bonchev–Trinajstić information content (AvgIpc) is 3.86. The van der Waals surface area contributed by atoms with Crippen LogP contribution >= 0.6 is 0 Å². The molecule has 0 saturated carbocycles. The predicted octanol–water partition coefficient (Wildman–Crippen LogP) is 13.5. The Balaban J connectivity index is 1.10. The van der Waals surface area contributed by atoms with E-state index in [9.17, 15) is 0 Å². The summed E-state index contributed by atoms with van der Waals surface area (Å²) in [6, 6.07) is 52.5. The lowest BCUT2D eigenvalue weighted by Gasteiger charge is -2.27. The molecule has 3 aromatic heterocycles. The Morgan fingerprint density at radius 2 is 1.32 bits per heavy atom. The van der Waals surface area contributed by atoms with Crippen LogP contribution in [-0.2, 0) is 0 Å². The van der Waals surface area contributed by atoms with E-state index >= 15 is 0 Å². The van der Waals surface area contributed by atoms with Crippen LogP contribution in [-0.4, -0.2) is 14.1 Å². The number of imidazole rings is 1. The van der Waals surface area contributed by atoms with Crippen molar-refractivity contribution in [3.05, 3.63) is 200 Å². The summed E-state index contributed by atoms with van der Waals surface area (Å²) < 4.78 is 48.0. The second-order valence-electron chi connectivity index (χ2n) is 16.1. The molecule has 5 heteroatoms. The van der Waals surface area contributed by atoms with Crippen LogP contribution in [0.2, 0.25) is 0 Å². The molecule has 1 unspecified atom stereocenters. The van der Waals surface area contributed by atoms with Crippen LogP contribution in [0.5, 0.6) is 11.5 Å². The van der Waals surface area contributed by atoms with Gasteiger partial charge in [-0.2, -0.15) is 0 Å². The van der Waals surface area contributed by atoms with Gasteiger partial charge in [-0.3, -0.25) is 13.7 Å². The van der Waals surface area contributed by atoms with Crippen molar-refractivity contribution in [3.63, 3.8) is 0 Å². The summed E-state index contributed by atoms with van der Waals surface area (Å²) in [5.74, 6) is 1.91. The van der Waals surface area contributed by atoms with E-state index in [1.54, 1.807) is 6.20 Å². The topological polar surface area (TPSA) is 35.9 Å². The van der Waals surface area contributed by atoms with Gasteiger partial charge >= 0.3 is 0 Å². The molecule has 0 N–H and O–H groups in total. The van der Waals surface area contributed by atoms with E-state index in [1.165, 1.54) is 0 Å². The zero-order valence-electron chi connectivity index (χ0n) is 37.4. The minimum atomic E-state index is -0.292. The summed E-state index contributed by atoms with van der Waals surface area (Å²) in [6.45, 7) is 8.80. The smallest absolute Gasteiger partial charge is 0.269 e. The molecule has 0 aliphatic rings. The first kappa shape index (κ1) is 31.8. The number of aromatic nitrogens is 4. The Hall–Kier alpha value is -7.24. The van der Waals surface area contributed by atoms with E-state index < -0.39 is 0 Å². The lowest BCUT2D eigenvalue weighted by Crippen LogP contribution is -2.31. The molecule has 1 atom stereocenters. The zero-order valence-corrected chi connectivity index (χ0v) is 33.4. The van der Waals surface area contributed by atoms with E-state index in [2.05, 4.69) is 128 Å². The minimum Gasteiger partial charge on any atom is -0.458 e. The molecule has 286 valence electrons. The molecule has 0 saturated heterocycles. The molecule has 10 aromatic rings. The SMILES string of the molecule is [2H]c1c([2H])c([2H])c2c(c1[2H])c1ccc(Oc3cccc(-n4[c-][n+](-c5c(-c6ccccc6)cccc5-c5ccccc5)c5ccccc54)c3)cc1n2-c1cc(C(C)C(C)(C)C)ccn1. The van der Waals surface area contributed by atoms with Crippen molar-refractivity contribution in [2.24, 2.45) is 5.41 Å². The molecule has 59 heavy (non-hydrogen) atoms. The third-order valence-corrected chi connectivity index (χ3v) is 11.5. The van der Waals surface area contributed by atoms with Crippen LogP contribution in [0, 0.1) is 11.7 Å². The number of para-hydroxylation sites is 4. The second-order valence-corrected chi connectivity index (χ2v) is 16.1. The molecular formula is C54H44N4O. The van der Waals surface area contributed by atoms with Gasteiger partial charge in [0.15, 0.2) is 0 Å². The normalized spacial score (nSPS) is 13.3. The number of fused-ring (bicyclic) bond motifs is 4. The quantitative estimate of drug-likeness (QED) is 0.114. The van der Waals surface area contributed by atoms with Crippen molar-refractivity contribution in [3.8, 4) is 50.9 Å². The Morgan fingerprint density at radius 1 is 0.644 bits per heavy atom. The highest BCUT2D eigenvalue weighted by Gasteiger charge is 2.24. The summed E-state index contributed by atoms with van der Waals surface area (Å²) in [7, 11) is 0. The van der Waals surface area contributed by atoms with Crippen LogP contribution in [0.25, 0.3) is 72.3 Å². The van der Waals surface area contributed by atoms with Gasteiger partial charge in [0.05, 0.1) is 38.9 Å². The van der Waals surface area contributed by atoms with E-state index in [4.69, 9.17) is 15.2 Å². The summed E-state index contributed by atoms with van der Waals surface area (Å²) in [5, 5.41) is 1.12. The molecule has 0 spiro atoms. The van der Waals surface area contributed by atoms with E-state index in [0.717, 1.165) is 50.2 Å². The van der Waals surface area contributed by atoms with Gasteiger partial charge in [-0.05, 0) is 87.7 Å². The Bertz CT molecular complexity index is 3310. The molecular weight excluding hydrogens is 721 g/mol. The van der Waals surface area contributed by atoms with Gasteiger partial charge in [0.1, 0.15) is 17.3 Å². The van der Waals surface area contributed by atoms with Crippen LogP contribution in [0.4, 0.5) is 0 Å². The molecule has 0 aliphatic heterocycles. The van der Waals surface area contributed by atoms with E-state index in [0.29, 0.717) is 39.1 Å². The highest BCUT2D eigenvalue weighted by molar-refractivity contribution is 6.09. The van der Waals surface area contributed by atoms with Crippen LogP contribution < -0.4 is 9.30 Å². The number of hydrogen-bond donors (Lipinski definition) is 0. The van der Waals surface area contributed by atoms with Gasteiger partial charge < -0.3 is 4.74 Å². The Labute approximate surface area is 350 Å². The minimum absolute atomic E-state index is 0.0128. The molecule has 0 bridgehead atoms. The highest BCUT2D eigenvalue weighted by Crippen LogP contribution is 2.39. The van der Waals surface area contributed by atoms with Crippen molar-refractivity contribution < 1.29 is 14.8 Å². The summed E-state index contributed by atoms with van der Waals surface area (Å²) >= 11 is 0. The Kier molecular flexibility index (Phi) is 7.87. The number of nitrogens with zero attached hydrogens (tertiary/aromatic N) is 4. The zero-order chi connectivity index (χ0) is 43.6. The van der Waals surface area contributed by atoms with Gasteiger partial charge in [0, 0.05) is 23.0 Å². The van der Waals surface area contributed by atoms with Crippen LogP contribution in [0.3, 0.4) is 0 Å². The summed E-state index contributed by atoms with van der Waals surface area (Å²) in [6.07, 6.45) is 5.52. The van der Waals surface area contributed by atoms with Crippen LogP contribution in [0.1, 0.15) is 44.7 Å².